The molecule has 0 spiro atoms. The Balaban J connectivity index is 2.43. The molecule has 0 unspecified atom stereocenters. The largest absolute Gasteiger partial charge is 0.490 e. The monoisotopic (exact) mass is 278 g/mol. The lowest BCUT2D eigenvalue weighted by Crippen LogP contribution is -1.99. The number of halogens is 1. The van der Waals surface area contributed by atoms with Crippen LogP contribution < -0.4 is 9.47 Å². The van der Waals surface area contributed by atoms with Gasteiger partial charge in [0.1, 0.15) is 6.33 Å². The van der Waals surface area contributed by atoms with Gasteiger partial charge in [-0.15, -0.1) is 0 Å². The van der Waals surface area contributed by atoms with Gasteiger partial charge in [-0.25, -0.2) is 9.97 Å². The molecule has 2 aromatic rings. The van der Waals surface area contributed by atoms with E-state index in [4.69, 9.17) is 21.1 Å². The second-order valence-corrected chi connectivity index (χ2v) is 4.15. The first kappa shape index (κ1) is 13.6. The molecule has 0 N–H and O–H groups in total. The van der Waals surface area contributed by atoms with Crippen LogP contribution in [0.1, 0.15) is 13.8 Å². The summed E-state index contributed by atoms with van der Waals surface area (Å²) in [6, 6.07) is 5.65. The van der Waals surface area contributed by atoms with Crippen molar-refractivity contribution in [1.29, 1.82) is 0 Å². The first-order valence-corrected chi connectivity index (χ1v) is 6.49. The summed E-state index contributed by atoms with van der Waals surface area (Å²) in [5.41, 5.74) is 1.56. The lowest BCUT2D eigenvalue weighted by atomic mass is 10.1. The summed E-state index contributed by atoms with van der Waals surface area (Å²) in [6.07, 6.45) is 3.04. The highest BCUT2D eigenvalue weighted by molar-refractivity contribution is 6.32. The first-order chi connectivity index (χ1) is 9.26. The van der Waals surface area contributed by atoms with Gasteiger partial charge in [-0.3, -0.25) is 0 Å². The number of benzene rings is 1. The predicted molar refractivity (Wildman–Crippen MR) is 74.8 cm³/mol. The van der Waals surface area contributed by atoms with Crippen molar-refractivity contribution in [2.24, 2.45) is 0 Å². The molecule has 100 valence electrons. The molecule has 1 aromatic heterocycles. The lowest BCUT2D eigenvalue weighted by molar-refractivity contribution is 0.288. The zero-order valence-electron chi connectivity index (χ0n) is 10.9. The molecule has 0 saturated heterocycles. The Morgan fingerprint density at radius 3 is 2.53 bits per heavy atom. The molecule has 0 aliphatic rings. The molecule has 4 nitrogen and oxygen atoms in total. The summed E-state index contributed by atoms with van der Waals surface area (Å²) >= 11 is 6.09. The molecule has 0 radical (unpaired) electrons. The summed E-state index contributed by atoms with van der Waals surface area (Å²) in [6.45, 7) is 5.03. The number of ether oxygens (including phenoxy) is 2. The van der Waals surface area contributed by atoms with E-state index < -0.39 is 0 Å². The molecule has 5 heteroatoms. The smallest absolute Gasteiger partial charge is 0.161 e. The van der Waals surface area contributed by atoms with Gasteiger partial charge in [0.2, 0.25) is 0 Å². The van der Waals surface area contributed by atoms with Gasteiger partial charge < -0.3 is 9.47 Å². The topological polar surface area (TPSA) is 44.2 Å². The number of hydrogen-bond acceptors (Lipinski definition) is 4. The Labute approximate surface area is 117 Å². The molecule has 0 saturated carbocycles. The van der Waals surface area contributed by atoms with Gasteiger partial charge >= 0.3 is 0 Å². The fraction of sp³-hybridized carbons (Fsp3) is 0.286. The number of nitrogens with zero attached hydrogens (tertiary/aromatic N) is 2. The van der Waals surface area contributed by atoms with E-state index in [0.29, 0.717) is 29.7 Å². The van der Waals surface area contributed by atoms with E-state index in [-0.39, 0.29) is 0 Å². The van der Waals surface area contributed by atoms with Crippen molar-refractivity contribution in [1.82, 2.24) is 9.97 Å². The number of rotatable bonds is 5. The van der Waals surface area contributed by atoms with Crippen molar-refractivity contribution in [3.05, 3.63) is 35.7 Å². The zero-order valence-corrected chi connectivity index (χ0v) is 11.6. The Kier molecular flexibility index (Phi) is 4.58. The van der Waals surface area contributed by atoms with Gasteiger partial charge in [-0.1, -0.05) is 11.6 Å². The molecule has 2 rings (SSSR count). The minimum absolute atomic E-state index is 0.508. The SMILES string of the molecule is CCOc1ccc(-c2ncncc2Cl)cc1OCC. The Bertz CT molecular complexity index is 561. The highest BCUT2D eigenvalue weighted by Gasteiger charge is 2.10. The van der Waals surface area contributed by atoms with E-state index in [0.717, 1.165) is 11.3 Å². The Hall–Kier alpha value is -1.81. The van der Waals surface area contributed by atoms with Crippen LogP contribution >= 0.6 is 11.6 Å². The van der Waals surface area contributed by atoms with Gasteiger partial charge in [0.15, 0.2) is 11.5 Å². The number of aromatic nitrogens is 2. The van der Waals surface area contributed by atoms with Crippen LogP contribution in [0, 0.1) is 0 Å². The van der Waals surface area contributed by atoms with Crippen molar-refractivity contribution in [3.8, 4) is 22.8 Å². The molecule has 0 fully saturated rings. The van der Waals surface area contributed by atoms with E-state index >= 15 is 0 Å². The van der Waals surface area contributed by atoms with Crippen molar-refractivity contribution >= 4 is 11.6 Å². The predicted octanol–water partition coefficient (Wildman–Crippen LogP) is 3.59. The van der Waals surface area contributed by atoms with Crippen molar-refractivity contribution < 1.29 is 9.47 Å². The molecule has 0 atom stereocenters. The van der Waals surface area contributed by atoms with Crippen LogP contribution in [0.3, 0.4) is 0 Å². The molecule has 1 aromatic carbocycles. The average Bonchev–Trinajstić information content (AvgIpc) is 2.42. The molecule has 0 aliphatic carbocycles. The molecular formula is C14H15ClN2O2. The van der Waals surface area contributed by atoms with Crippen LogP contribution in [-0.4, -0.2) is 23.2 Å². The normalized spacial score (nSPS) is 10.3. The van der Waals surface area contributed by atoms with Crippen LogP contribution in [0.2, 0.25) is 5.02 Å². The van der Waals surface area contributed by atoms with E-state index in [1.165, 1.54) is 6.33 Å². The summed E-state index contributed by atoms with van der Waals surface area (Å²) in [5.74, 6) is 1.41. The maximum Gasteiger partial charge on any atom is 0.161 e. The van der Waals surface area contributed by atoms with Gasteiger partial charge in [-0.2, -0.15) is 0 Å². The third kappa shape index (κ3) is 3.15. The van der Waals surface area contributed by atoms with Crippen LogP contribution in [0.25, 0.3) is 11.3 Å². The lowest BCUT2D eigenvalue weighted by Gasteiger charge is -2.12. The maximum absolute atomic E-state index is 6.09. The fourth-order valence-corrected chi connectivity index (χ4v) is 1.94. The van der Waals surface area contributed by atoms with Gasteiger partial charge in [-0.05, 0) is 32.0 Å². The van der Waals surface area contributed by atoms with E-state index in [9.17, 15) is 0 Å². The van der Waals surface area contributed by atoms with E-state index in [2.05, 4.69) is 9.97 Å². The quantitative estimate of drug-likeness (QED) is 0.838. The highest BCUT2D eigenvalue weighted by atomic mass is 35.5. The minimum atomic E-state index is 0.508. The highest BCUT2D eigenvalue weighted by Crippen LogP contribution is 2.34. The molecule has 1 heterocycles. The summed E-state index contributed by atoms with van der Waals surface area (Å²) in [7, 11) is 0. The first-order valence-electron chi connectivity index (χ1n) is 6.11. The molecule has 0 amide bonds. The minimum Gasteiger partial charge on any atom is -0.490 e. The van der Waals surface area contributed by atoms with E-state index in [1.54, 1.807) is 6.20 Å². The summed E-state index contributed by atoms with van der Waals surface area (Å²) in [4.78, 5) is 8.06. The maximum atomic E-state index is 6.09. The Morgan fingerprint density at radius 2 is 1.84 bits per heavy atom. The summed E-state index contributed by atoms with van der Waals surface area (Å²) < 4.78 is 11.1. The van der Waals surface area contributed by atoms with Crippen LogP contribution in [0.4, 0.5) is 0 Å². The van der Waals surface area contributed by atoms with Gasteiger partial charge in [0.25, 0.3) is 0 Å². The van der Waals surface area contributed by atoms with Crippen LogP contribution in [0.5, 0.6) is 11.5 Å². The second-order valence-electron chi connectivity index (χ2n) is 3.75. The van der Waals surface area contributed by atoms with Crippen molar-refractivity contribution in [2.75, 3.05) is 13.2 Å². The number of hydrogen-bond donors (Lipinski definition) is 0. The molecular weight excluding hydrogens is 264 g/mol. The third-order valence-electron chi connectivity index (χ3n) is 2.48. The standard InChI is InChI=1S/C14H15ClN2O2/c1-3-18-12-6-5-10(7-13(12)19-4-2)14-11(15)8-16-9-17-14/h5-9H,3-4H2,1-2H3. The third-order valence-corrected chi connectivity index (χ3v) is 2.76. The molecule has 0 aliphatic heterocycles. The Morgan fingerprint density at radius 1 is 1.11 bits per heavy atom. The average molecular weight is 279 g/mol. The van der Waals surface area contributed by atoms with Crippen molar-refractivity contribution in [3.63, 3.8) is 0 Å². The summed E-state index contributed by atoms with van der Waals surface area (Å²) in [5, 5.41) is 0.508. The van der Waals surface area contributed by atoms with Crippen LogP contribution in [-0.2, 0) is 0 Å². The molecule has 0 bridgehead atoms. The zero-order chi connectivity index (χ0) is 13.7. The second kappa shape index (κ2) is 6.38. The van der Waals surface area contributed by atoms with E-state index in [1.807, 2.05) is 32.0 Å². The fourth-order valence-electron chi connectivity index (χ4n) is 1.72. The molecule has 19 heavy (non-hydrogen) atoms. The van der Waals surface area contributed by atoms with Gasteiger partial charge in [0.05, 0.1) is 23.9 Å². The van der Waals surface area contributed by atoms with Gasteiger partial charge in [0, 0.05) is 11.8 Å². The van der Waals surface area contributed by atoms with Crippen LogP contribution in [0.15, 0.2) is 30.7 Å². The van der Waals surface area contributed by atoms with Crippen molar-refractivity contribution in [2.45, 2.75) is 13.8 Å².